The molecule has 2 aliphatic heterocycles. The van der Waals surface area contributed by atoms with Crippen molar-refractivity contribution < 1.29 is 14.4 Å². The van der Waals surface area contributed by atoms with Gasteiger partial charge >= 0.3 is 0 Å². The Morgan fingerprint density at radius 2 is 2.15 bits per heavy atom. The van der Waals surface area contributed by atoms with Crippen molar-refractivity contribution in [3.05, 3.63) is 39.8 Å². The Morgan fingerprint density at radius 1 is 1.35 bits per heavy atom. The lowest BCUT2D eigenvalue weighted by molar-refractivity contribution is -0.126. The molecule has 100 valence electrons. The van der Waals surface area contributed by atoms with E-state index in [0.717, 1.165) is 5.56 Å². The highest BCUT2D eigenvalue weighted by Crippen LogP contribution is 2.30. The summed E-state index contributed by atoms with van der Waals surface area (Å²) in [5.41, 5.74) is 9.89. The van der Waals surface area contributed by atoms with E-state index in [9.17, 15) is 14.4 Å². The van der Waals surface area contributed by atoms with Crippen molar-refractivity contribution in [1.82, 2.24) is 10.2 Å². The Balaban J connectivity index is 1.93. The number of nitrogens with zero attached hydrogens (tertiary/aromatic N) is 4. The summed E-state index contributed by atoms with van der Waals surface area (Å²) >= 11 is 0. The summed E-state index contributed by atoms with van der Waals surface area (Å²) in [5, 5.41) is 5.63. The molecule has 8 nitrogen and oxygen atoms in total. The molecule has 1 fully saturated rings. The number of carbonyl (C=O) groups excluding carboxylic acids is 3. The summed E-state index contributed by atoms with van der Waals surface area (Å²) in [6.45, 7) is 0.274. The number of carbonyl (C=O) groups is 3. The zero-order valence-corrected chi connectivity index (χ0v) is 10.2. The second kappa shape index (κ2) is 4.36. The maximum atomic E-state index is 12.3. The van der Waals surface area contributed by atoms with Gasteiger partial charge in [0.2, 0.25) is 11.8 Å². The first-order valence-electron chi connectivity index (χ1n) is 5.93. The number of imide groups is 1. The Kier molecular flexibility index (Phi) is 2.66. The van der Waals surface area contributed by atoms with Crippen LogP contribution < -0.4 is 5.32 Å². The van der Waals surface area contributed by atoms with Crippen molar-refractivity contribution in [3.63, 3.8) is 0 Å². The predicted octanol–water partition coefficient (Wildman–Crippen LogP) is 0.999. The topological polar surface area (TPSA) is 115 Å². The van der Waals surface area contributed by atoms with Gasteiger partial charge in [0.15, 0.2) is 0 Å². The number of amides is 3. The van der Waals surface area contributed by atoms with Crippen molar-refractivity contribution >= 4 is 23.4 Å². The summed E-state index contributed by atoms with van der Waals surface area (Å²) in [6, 6.07) is 4.03. The number of hydrogen-bond acceptors (Lipinski definition) is 4. The summed E-state index contributed by atoms with van der Waals surface area (Å²) < 4.78 is 0. The average molecular weight is 271 g/mol. The van der Waals surface area contributed by atoms with Crippen LogP contribution in [-0.2, 0) is 16.1 Å². The van der Waals surface area contributed by atoms with Crippen LogP contribution in [0.2, 0.25) is 0 Å². The molecule has 0 radical (unpaired) electrons. The predicted molar refractivity (Wildman–Crippen MR) is 66.7 cm³/mol. The van der Waals surface area contributed by atoms with Gasteiger partial charge in [0.1, 0.15) is 6.04 Å². The van der Waals surface area contributed by atoms with Crippen LogP contribution in [0, 0.1) is 0 Å². The molecule has 1 saturated heterocycles. The number of rotatable bonds is 2. The lowest BCUT2D eigenvalue weighted by Crippen LogP contribution is -2.40. The molecule has 1 N–H and O–H groups in total. The lowest BCUT2D eigenvalue weighted by atomic mass is 10.1. The minimum absolute atomic E-state index is 0.0121. The standard InChI is InChI=1S/C12H9N5O3/c13-16-15-7-2-1-6-5-17(12(20)8(6)3-7)9-4-10(18)14-11(9)19/h1-3,9H,4-5H2,(H,14,18,19). The fourth-order valence-electron chi connectivity index (χ4n) is 2.47. The van der Waals surface area contributed by atoms with Gasteiger partial charge in [-0.1, -0.05) is 17.2 Å². The first-order valence-corrected chi connectivity index (χ1v) is 5.93. The third-order valence-electron chi connectivity index (χ3n) is 3.41. The first-order chi connectivity index (χ1) is 9.60. The zero-order valence-electron chi connectivity index (χ0n) is 10.2. The van der Waals surface area contributed by atoms with Gasteiger partial charge in [-0.3, -0.25) is 19.7 Å². The second-order valence-electron chi connectivity index (χ2n) is 4.60. The Labute approximate surface area is 113 Å². The van der Waals surface area contributed by atoms with Crippen molar-refractivity contribution in [2.75, 3.05) is 0 Å². The minimum atomic E-state index is -0.759. The van der Waals surface area contributed by atoms with E-state index >= 15 is 0 Å². The normalized spacial score (nSPS) is 20.7. The number of fused-ring (bicyclic) bond motifs is 1. The van der Waals surface area contributed by atoms with Crippen LogP contribution in [0.3, 0.4) is 0 Å². The largest absolute Gasteiger partial charge is 0.322 e. The number of nitrogens with one attached hydrogen (secondary N) is 1. The molecule has 0 bridgehead atoms. The molecule has 0 aromatic heterocycles. The molecule has 3 rings (SSSR count). The third-order valence-corrected chi connectivity index (χ3v) is 3.41. The molecule has 20 heavy (non-hydrogen) atoms. The molecule has 2 aliphatic rings. The number of azide groups is 1. The van der Waals surface area contributed by atoms with Crippen LogP contribution in [0.4, 0.5) is 5.69 Å². The SMILES string of the molecule is [N-]=[N+]=Nc1ccc2c(c1)C(=O)N(C1CC(=O)NC1=O)C2. The van der Waals surface area contributed by atoms with Crippen LogP contribution >= 0.6 is 0 Å². The van der Waals surface area contributed by atoms with E-state index in [4.69, 9.17) is 5.53 Å². The van der Waals surface area contributed by atoms with Crippen LogP contribution in [0.25, 0.3) is 10.4 Å². The summed E-state index contributed by atoms with van der Waals surface area (Å²) in [5.74, 6) is -1.16. The maximum Gasteiger partial charge on any atom is 0.255 e. The molecule has 3 amide bonds. The Bertz CT molecular complexity index is 692. The monoisotopic (exact) mass is 271 g/mol. The second-order valence-corrected chi connectivity index (χ2v) is 4.60. The van der Waals surface area contributed by atoms with Gasteiger partial charge < -0.3 is 4.90 Å². The van der Waals surface area contributed by atoms with Crippen LogP contribution in [0.15, 0.2) is 23.3 Å². The quantitative estimate of drug-likeness (QED) is 0.374. The molecule has 1 aromatic carbocycles. The molecule has 0 saturated carbocycles. The number of hydrogen-bond donors (Lipinski definition) is 1. The van der Waals surface area contributed by atoms with Gasteiger partial charge in [-0.15, -0.1) is 0 Å². The van der Waals surface area contributed by atoms with Crippen molar-refractivity contribution in [2.45, 2.75) is 19.0 Å². The van der Waals surface area contributed by atoms with E-state index in [1.807, 2.05) is 0 Å². The van der Waals surface area contributed by atoms with E-state index in [1.165, 1.54) is 11.0 Å². The molecule has 1 aromatic rings. The molecular weight excluding hydrogens is 262 g/mol. The van der Waals surface area contributed by atoms with E-state index in [-0.39, 0.29) is 24.8 Å². The highest BCUT2D eigenvalue weighted by atomic mass is 16.2. The molecule has 2 heterocycles. The minimum Gasteiger partial charge on any atom is -0.322 e. The van der Waals surface area contributed by atoms with E-state index in [1.54, 1.807) is 12.1 Å². The van der Waals surface area contributed by atoms with Gasteiger partial charge in [0.05, 0.1) is 6.42 Å². The molecule has 1 unspecified atom stereocenters. The average Bonchev–Trinajstić information content (AvgIpc) is 2.91. The van der Waals surface area contributed by atoms with Gasteiger partial charge in [0.25, 0.3) is 5.91 Å². The van der Waals surface area contributed by atoms with Crippen molar-refractivity contribution in [2.24, 2.45) is 5.11 Å². The van der Waals surface area contributed by atoms with Crippen molar-refractivity contribution in [3.8, 4) is 0 Å². The van der Waals surface area contributed by atoms with Crippen molar-refractivity contribution in [1.29, 1.82) is 0 Å². The van der Waals surface area contributed by atoms with Crippen LogP contribution in [-0.4, -0.2) is 28.7 Å². The molecule has 0 spiro atoms. The van der Waals surface area contributed by atoms with Gasteiger partial charge in [-0.2, -0.15) is 0 Å². The fraction of sp³-hybridized carbons (Fsp3) is 0.250. The summed E-state index contributed by atoms with van der Waals surface area (Å²) in [6.07, 6.45) is -0.0121. The summed E-state index contributed by atoms with van der Waals surface area (Å²) in [7, 11) is 0. The lowest BCUT2D eigenvalue weighted by Gasteiger charge is -2.20. The Hall–Kier alpha value is -2.86. The third kappa shape index (κ3) is 1.79. The molecular formula is C12H9N5O3. The highest BCUT2D eigenvalue weighted by Gasteiger charge is 2.41. The maximum absolute atomic E-state index is 12.3. The van der Waals surface area contributed by atoms with Gasteiger partial charge in [-0.25, -0.2) is 0 Å². The fourth-order valence-corrected chi connectivity index (χ4v) is 2.47. The molecule has 8 heteroatoms. The number of benzene rings is 1. The summed E-state index contributed by atoms with van der Waals surface area (Å²) in [4.78, 5) is 39.2. The molecule has 1 atom stereocenters. The smallest absolute Gasteiger partial charge is 0.255 e. The van der Waals surface area contributed by atoms with Gasteiger partial charge in [0, 0.05) is 22.7 Å². The first kappa shape index (κ1) is 12.2. The molecule has 0 aliphatic carbocycles. The zero-order chi connectivity index (χ0) is 14.3. The highest BCUT2D eigenvalue weighted by molar-refractivity contribution is 6.09. The van der Waals surface area contributed by atoms with E-state index in [2.05, 4.69) is 15.3 Å². The Morgan fingerprint density at radius 3 is 2.80 bits per heavy atom. The van der Waals surface area contributed by atoms with E-state index < -0.39 is 11.9 Å². The van der Waals surface area contributed by atoms with Gasteiger partial charge in [-0.05, 0) is 17.2 Å². The van der Waals surface area contributed by atoms with Crippen LogP contribution in [0.5, 0.6) is 0 Å². The van der Waals surface area contributed by atoms with E-state index in [0.29, 0.717) is 11.3 Å². The van der Waals surface area contributed by atoms with Crippen LogP contribution in [0.1, 0.15) is 22.3 Å².